The fourth-order valence-corrected chi connectivity index (χ4v) is 2.48. The van der Waals surface area contributed by atoms with Crippen LogP contribution in [0, 0.1) is 0 Å². The van der Waals surface area contributed by atoms with Crippen LogP contribution in [0.3, 0.4) is 0 Å². The van der Waals surface area contributed by atoms with Gasteiger partial charge in [-0.25, -0.2) is 0 Å². The largest absolute Gasteiger partial charge is 0.339 e. The van der Waals surface area contributed by atoms with Crippen molar-refractivity contribution in [3.05, 3.63) is 54.6 Å². The van der Waals surface area contributed by atoms with E-state index in [2.05, 4.69) is 23.1 Å². The number of hydrogen-bond acceptors (Lipinski definition) is 2. The molecule has 1 heterocycles. The molecule has 0 atom stereocenters. The van der Waals surface area contributed by atoms with Gasteiger partial charge in [-0.3, -0.25) is 4.79 Å². The SMILES string of the molecule is CN1C(=O)CCN(c2ccccc2)c2ccccc21. The highest BCUT2D eigenvalue weighted by atomic mass is 16.2. The third-order valence-electron chi connectivity index (χ3n) is 3.53. The monoisotopic (exact) mass is 252 g/mol. The Bertz CT molecular complexity index is 595. The number of para-hydroxylation sites is 3. The molecule has 0 spiro atoms. The van der Waals surface area contributed by atoms with E-state index >= 15 is 0 Å². The van der Waals surface area contributed by atoms with Crippen molar-refractivity contribution in [3.63, 3.8) is 0 Å². The Hall–Kier alpha value is -2.29. The number of amides is 1. The summed E-state index contributed by atoms with van der Waals surface area (Å²) in [6.45, 7) is 0.713. The predicted molar refractivity (Wildman–Crippen MR) is 77.9 cm³/mol. The van der Waals surface area contributed by atoms with Gasteiger partial charge in [-0.1, -0.05) is 30.3 Å². The lowest BCUT2D eigenvalue weighted by Crippen LogP contribution is -2.25. The highest BCUT2D eigenvalue weighted by Gasteiger charge is 2.23. The molecule has 0 radical (unpaired) electrons. The summed E-state index contributed by atoms with van der Waals surface area (Å²) in [4.78, 5) is 16.0. The van der Waals surface area contributed by atoms with Gasteiger partial charge in [0.15, 0.2) is 0 Å². The fraction of sp³-hybridized carbons (Fsp3) is 0.188. The molecule has 96 valence electrons. The summed E-state index contributed by atoms with van der Waals surface area (Å²) < 4.78 is 0. The first-order valence-corrected chi connectivity index (χ1v) is 6.45. The number of carbonyl (C=O) groups is 1. The summed E-state index contributed by atoms with van der Waals surface area (Å²) in [7, 11) is 1.84. The lowest BCUT2D eigenvalue weighted by Gasteiger charge is -2.25. The van der Waals surface area contributed by atoms with E-state index in [0.29, 0.717) is 13.0 Å². The normalized spacial score (nSPS) is 15.1. The van der Waals surface area contributed by atoms with Crippen LogP contribution in [0.2, 0.25) is 0 Å². The van der Waals surface area contributed by atoms with Crippen molar-refractivity contribution in [2.75, 3.05) is 23.4 Å². The van der Waals surface area contributed by atoms with Crippen LogP contribution < -0.4 is 9.80 Å². The second-order valence-corrected chi connectivity index (χ2v) is 4.68. The summed E-state index contributed by atoms with van der Waals surface area (Å²) >= 11 is 0. The first-order chi connectivity index (χ1) is 9.27. The molecule has 0 aromatic heterocycles. The van der Waals surface area contributed by atoms with Crippen LogP contribution in [0.25, 0.3) is 0 Å². The van der Waals surface area contributed by atoms with E-state index < -0.39 is 0 Å². The predicted octanol–water partition coefficient (Wildman–Crippen LogP) is 3.19. The molecule has 0 saturated heterocycles. The number of rotatable bonds is 1. The van der Waals surface area contributed by atoms with Gasteiger partial charge in [-0.15, -0.1) is 0 Å². The van der Waals surface area contributed by atoms with Gasteiger partial charge in [-0.05, 0) is 24.3 Å². The Morgan fingerprint density at radius 2 is 1.53 bits per heavy atom. The first kappa shape index (κ1) is 11.8. The van der Waals surface area contributed by atoms with Gasteiger partial charge in [0.1, 0.15) is 0 Å². The average Bonchev–Trinajstić information content (AvgIpc) is 2.59. The highest BCUT2D eigenvalue weighted by molar-refractivity contribution is 5.99. The maximum Gasteiger partial charge on any atom is 0.228 e. The van der Waals surface area contributed by atoms with Gasteiger partial charge in [0.25, 0.3) is 0 Å². The van der Waals surface area contributed by atoms with Crippen molar-refractivity contribution < 1.29 is 4.79 Å². The quantitative estimate of drug-likeness (QED) is 0.778. The molecular weight excluding hydrogens is 236 g/mol. The van der Waals surface area contributed by atoms with Gasteiger partial charge in [0, 0.05) is 25.7 Å². The van der Waals surface area contributed by atoms with Crippen LogP contribution in [0.15, 0.2) is 54.6 Å². The van der Waals surface area contributed by atoms with Crippen molar-refractivity contribution in [1.29, 1.82) is 0 Å². The molecule has 0 saturated carbocycles. The molecule has 0 bridgehead atoms. The van der Waals surface area contributed by atoms with E-state index in [0.717, 1.165) is 17.1 Å². The molecule has 3 heteroatoms. The number of benzene rings is 2. The zero-order chi connectivity index (χ0) is 13.2. The maximum atomic E-state index is 12.1. The molecular formula is C16H16N2O. The van der Waals surface area contributed by atoms with Crippen molar-refractivity contribution in [2.24, 2.45) is 0 Å². The molecule has 3 rings (SSSR count). The zero-order valence-corrected chi connectivity index (χ0v) is 10.9. The maximum absolute atomic E-state index is 12.1. The fourth-order valence-electron chi connectivity index (χ4n) is 2.48. The number of hydrogen-bond donors (Lipinski definition) is 0. The highest BCUT2D eigenvalue weighted by Crippen LogP contribution is 2.36. The van der Waals surface area contributed by atoms with Crippen LogP contribution in [0.1, 0.15) is 6.42 Å². The van der Waals surface area contributed by atoms with Crippen LogP contribution in [0.5, 0.6) is 0 Å². The van der Waals surface area contributed by atoms with Crippen molar-refractivity contribution in [3.8, 4) is 0 Å². The lowest BCUT2D eigenvalue weighted by atomic mass is 10.2. The summed E-state index contributed by atoms with van der Waals surface area (Å²) in [5, 5.41) is 0. The molecule has 0 N–H and O–H groups in total. The summed E-state index contributed by atoms with van der Waals surface area (Å²) in [6.07, 6.45) is 0.528. The van der Waals surface area contributed by atoms with Gasteiger partial charge < -0.3 is 9.80 Å². The Kier molecular flexibility index (Phi) is 2.95. The van der Waals surface area contributed by atoms with E-state index in [4.69, 9.17) is 0 Å². The number of nitrogens with zero attached hydrogens (tertiary/aromatic N) is 2. The summed E-state index contributed by atoms with van der Waals surface area (Å²) in [6, 6.07) is 18.2. The van der Waals surface area contributed by atoms with E-state index in [1.165, 1.54) is 0 Å². The third-order valence-corrected chi connectivity index (χ3v) is 3.53. The van der Waals surface area contributed by atoms with Gasteiger partial charge in [0.2, 0.25) is 5.91 Å². The van der Waals surface area contributed by atoms with Crippen molar-refractivity contribution in [1.82, 2.24) is 0 Å². The Morgan fingerprint density at radius 1 is 0.895 bits per heavy atom. The van der Waals surface area contributed by atoms with Crippen LogP contribution in [0.4, 0.5) is 17.1 Å². The molecule has 0 fully saturated rings. The molecule has 1 aliphatic rings. The molecule has 2 aromatic rings. The van der Waals surface area contributed by atoms with Crippen molar-refractivity contribution in [2.45, 2.75) is 6.42 Å². The molecule has 19 heavy (non-hydrogen) atoms. The van der Waals surface area contributed by atoms with Crippen molar-refractivity contribution >= 4 is 23.0 Å². The zero-order valence-electron chi connectivity index (χ0n) is 10.9. The molecule has 0 aliphatic carbocycles. The first-order valence-electron chi connectivity index (χ1n) is 6.45. The minimum atomic E-state index is 0.158. The molecule has 0 unspecified atom stereocenters. The Labute approximate surface area is 113 Å². The van der Waals surface area contributed by atoms with Crippen LogP contribution >= 0.6 is 0 Å². The second-order valence-electron chi connectivity index (χ2n) is 4.68. The third kappa shape index (κ3) is 2.08. The second kappa shape index (κ2) is 4.76. The minimum absolute atomic E-state index is 0.158. The van der Waals surface area contributed by atoms with E-state index in [9.17, 15) is 4.79 Å². The number of carbonyl (C=O) groups excluding carboxylic acids is 1. The van der Waals surface area contributed by atoms with Crippen LogP contribution in [-0.2, 0) is 4.79 Å². The smallest absolute Gasteiger partial charge is 0.228 e. The number of fused-ring (bicyclic) bond motifs is 1. The minimum Gasteiger partial charge on any atom is -0.339 e. The standard InChI is InChI=1S/C16H16N2O/c1-17-14-9-5-6-10-15(14)18(12-11-16(17)19)13-7-3-2-4-8-13/h2-10H,11-12H2,1H3. The molecule has 1 aliphatic heterocycles. The van der Waals surface area contributed by atoms with Gasteiger partial charge in [-0.2, -0.15) is 0 Å². The number of anilines is 3. The Morgan fingerprint density at radius 3 is 2.26 bits per heavy atom. The van der Waals surface area contributed by atoms with Gasteiger partial charge in [0.05, 0.1) is 11.4 Å². The van der Waals surface area contributed by atoms with E-state index in [1.807, 2.05) is 43.4 Å². The van der Waals surface area contributed by atoms with Gasteiger partial charge >= 0.3 is 0 Å². The summed E-state index contributed by atoms with van der Waals surface area (Å²) in [5.41, 5.74) is 3.17. The molecule has 3 nitrogen and oxygen atoms in total. The summed E-state index contributed by atoms with van der Waals surface area (Å²) in [5.74, 6) is 0.158. The molecule has 2 aromatic carbocycles. The topological polar surface area (TPSA) is 23.6 Å². The average molecular weight is 252 g/mol. The van der Waals surface area contributed by atoms with E-state index in [-0.39, 0.29) is 5.91 Å². The van der Waals surface area contributed by atoms with E-state index in [1.54, 1.807) is 4.90 Å². The van der Waals surface area contributed by atoms with Crippen LogP contribution in [-0.4, -0.2) is 19.5 Å². The Balaban J connectivity index is 2.12. The lowest BCUT2D eigenvalue weighted by molar-refractivity contribution is -0.118. The molecule has 1 amide bonds.